The summed E-state index contributed by atoms with van der Waals surface area (Å²) in [5.41, 5.74) is 3.51. The topological polar surface area (TPSA) is 71.2 Å². The molecule has 0 fully saturated rings. The van der Waals surface area contributed by atoms with Gasteiger partial charge in [0.2, 0.25) is 0 Å². The molecule has 0 atom stereocenters. The number of fused-ring (bicyclic) bond motifs is 1. The molecule has 2 heterocycles. The summed E-state index contributed by atoms with van der Waals surface area (Å²) in [6, 6.07) is 17.3. The second-order valence-electron chi connectivity index (χ2n) is 6.02. The SMILES string of the molecule is N#CCOc1cccc2c1C(=O)N(Cc1ccc(-n3cccn3)cc1)C2. The molecular weight excluding hydrogens is 328 g/mol. The first-order valence-corrected chi connectivity index (χ1v) is 8.26. The molecule has 128 valence electrons. The minimum Gasteiger partial charge on any atom is -0.478 e. The number of benzene rings is 2. The third-order valence-corrected chi connectivity index (χ3v) is 4.35. The summed E-state index contributed by atoms with van der Waals surface area (Å²) in [5.74, 6) is 0.412. The fraction of sp³-hybridized carbons (Fsp3) is 0.150. The van der Waals surface area contributed by atoms with Gasteiger partial charge in [0.1, 0.15) is 11.8 Å². The third-order valence-electron chi connectivity index (χ3n) is 4.35. The molecule has 0 spiro atoms. The molecular formula is C20H16N4O2. The smallest absolute Gasteiger partial charge is 0.258 e. The molecule has 2 aromatic carbocycles. The van der Waals surface area contributed by atoms with E-state index in [9.17, 15) is 4.79 Å². The maximum Gasteiger partial charge on any atom is 0.258 e. The van der Waals surface area contributed by atoms with Gasteiger partial charge in [0.15, 0.2) is 6.61 Å². The van der Waals surface area contributed by atoms with E-state index in [1.165, 1.54) is 0 Å². The molecule has 26 heavy (non-hydrogen) atoms. The Morgan fingerprint density at radius 1 is 1.15 bits per heavy atom. The first-order valence-electron chi connectivity index (χ1n) is 8.26. The van der Waals surface area contributed by atoms with Crippen LogP contribution in [0.1, 0.15) is 21.5 Å². The van der Waals surface area contributed by atoms with Crippen LogP contribution in [0.5, 0.6) is 5.75 Å². The van der Waals surface area contributed by atoms with Crippen LogP contribution in [0.2, 0.25) is 0 Å². The van der Waals surface area contributed by atoms with Crippen molar-refractivity contribution in [1.29, 1.82) is 5.26 Å². The summed E-state index contributed by atoms with van der Waals surface area (Å²) < 4.78 is 7.20. The lowest BCUT2D eigenvalue weighted by molar-refractivity contribution is 0.0764. The van der Waals surface area contributed by atoms with E-state index in [-0.39, 0.29) is 12.5 Å². The number of carbonyl (C=O) groups is 1. The van der Waals surface area contributed by atoms with Gasteiger partial charge in [0, 0.05) is 25.5 Å². The number of rotatable bonds is 5. The highest BCUT2D eigenvalue weighted by atomic mass is 16.5. The number of nitrogens with zero attached hydrogens (tertiary/aromatic N) is 4. The standard InChI is InChI=1S/C20H16N4O2/c21-9-12-26-18-4-1-3-16-14-23(20(25)19(16)18)13-15-5-7-17(8-6-15)24-11-2-10-22-24/h1-8,10-11H,12-14H2. The molecule has 0 radical (unpaired) electrons. The Hall–Kier alpha value is -3.59. The Morgan fingerprint density at radius 3 is 2.73 bits per heavy atom. The van der Waals surface area contributed by atoms with E-state index in [4.69, 9.17) is 10.00 Å². The van der Waals surface area contributed by atoms with E-state index in [1.54, 1.807) is 21.8 Å². The van der Waals surface area contributed by atoms with Crippen LogP contribution in [0.15, 0.2) is 60.9 Å². The lowest BCUT2D eigenvalue weighted by atomic mass is 10.1. The van der Waals surface area contributed by atoms with Gasteiger partial charge in [-0.1, -0.05) is 24.3 Å². The average molecular weight is 344 g/mol. The summed E-state index contributed by atoms with van der Waals surface area (Å²) >= 11 is 0. The second kappa shape index (κ2) is 6.73. The van der Waals surface area contributed by atoms with Gasteiger partial charge >= 0.3 is 0 Å². The number of nitriles is 1. The lowest BCUT2D eigenvalue weighted by Crippen LogP contribution is -2.23. The molecule has 6 nitrogen and oxygen atoms in total. The zero-order chi connectivity index (χ0) is 17.9. The second-order valence-corrected chi connectivity index (χ2v) is 6.02. The van der Waals surface area contributed by atoms with Crippen LogP contribution >= 0.6 is 0 Å². The summed E-state index contributed by atoms with van der Waals surface area (Å²) in [5, 5.41) is 12.9. The third kappa shape index (κ3) is 2.91. The summed E-state index contributed by atoms with van der Waals surface area (Å²) in [4.78, 5) is 14.6. The first kappa shape index (κ1) is 15.9. The monoisotopic (exact) mass is 344 g/mol. The predicted octanol–water partition coefficient (Wildman–Crippen LogP) is 2.93. The highest BCUT2D eigenvalue weighted by molar-refractivity contribution is 6.01. The van der Waals surface area contributed by atoms with E-state index in [0.717, 1.165) is 16.8 Å². The fourth-order valence-corrected chi connectivity index (χ4v) is 3.14. The molecule has 1 aliphatic rings. The highest BCUT2D eigenvalue weighted by Crippen LogP contribution is 2.31. The van der Waals surface area contributed by atoms with Crippen molar-refractivity contribution in [2.75, 3.05) is 6.61 Å². The molecule has 0 aliphatic carbocycles. The minimum atomic E-state index is -0.0708. The summed E-state index contributed by atoms with van der Waals surface area (Å²) in [6.07, 6.45) is 3.62. The van der Waals surface area contributed by atoms with E-state index in [1.807, 2.05) is 54.7 Å². The number of ether oxygens (including phenoxy) is 1. The average Bonchev–Trinajstić information content (AvgIpc) is 3.30. The summed E-state index contributed by atoms with van der Waals surface area (Å²) in [6.45, 7) is 0.988. The highest BCUT2D eigenvalue weighted by Gasteiger charge is 2.30. The van der Waals surface area contributed by atoms with E-state index in [2.05, 4.69) is 5.10 Å². The lowest BCUT2D eigenvalue weighted by Gasteiger charge is -2.16. The van der Waals surface area contributed by atoms with Crippen molar-refractivity contribution in [2.24, 2.45) is 0 Å². The van der Waals surface area contributed by atoms with E-state index in [0.29, 0.717) is 24.4 Å². The van der Waals surface area contributed by atoms with Crippen LogP contribution in [0, 0.1) is 11.3 Å². The van der Waals surface area contributed by atoms with Crippen LogP contribution in [-0.2, 0) is 13.1 Å². The minimum absolute atomic E-state index is 0.0651. The van der Waals surface area contributed by atoms with Gasteiger partial charge in [0.25, 0.3) is 5.91 Å². The Bertz CT molecular complexity index is 972. The molecule has 6 heteroatoms. The van der Waals surface area contributed by atoms with Gasteiger partial charge in [-0.3, -0.25) is 4.79 Å². The molecule has 0 bridgehead atoms. The maximum atomic E-state index is 12.8. The van der Waals surface area contributed by atoms with Crippen LogP contribution in [0.3, 0.4) is 0 Å². The van der Waals surface area contributed by atoms with Crippen molar-refractivity contribution in [3.63, 3.8) is 0 Å². The molecule has 0 unspecified atom stereocenters. The van der Waals surface area contributed by atoms with Crippen molar-refractivity contribution >= 4 is 5.91 Å². The normalized spacial score (nSPS) is 12.7. The van der Waals surface area contributed by atoms with Gasteiger partial charge in [-0.15, -0.1) is 0 Å². The fourth-order valence-electron chi connectivity index (χ4n) is 3.14. The molecule has 1 aromatic heterocycles. The zero-order valence-corrected chi connectivity index (χ0v) is 14.0. The van der Waals surface area contributed by atoms with Gasteiger partial charge < -0.3 is 9.64 Å². The number of carbonyl (C=O) groups excluding carboxylic acids is 1. The predicted molar refractivity (Wildman–Crippen MR) is 94.7 cm³/mol. The summed E-state index contributed by atoms with van der Waals surface area (Å²) in [7, 11) is 0. The maximum absolute atomic E-state index is 12.8. The molecule has 0 saturated heterocycles. The van der Waals surface area contributed by atoms with Crippen molar-refractivity contribution < 1.29 is 9.53 Å². The Kier molecular flexibility index (Phi) is 4.12. The van der Waals surface area contributed by atoms with Crippen LogP contribution in [0.4, 0.5) is 0 Å². The Labute approximate surface area is 150 Å². The van der Waals surface area contributed by atoms with Crippen molar-refractivity contribution in [2.45, 2.75) is 13.1 Å². The number of hydrogen-bond acceptors (Lipinski definition) is 4. The van der Waals surface area contributed by atoms with Gasteiger partial charge in [-0.05, 0) is 35.4 Å². The van der Waals surface area contributed by atoms with Gasteiger partial charge in [0.05, 0.1) is 11.3 Å². The van der Waals surface area contributed by atoms with Crippen molar-refractivity contribution in [3.8, 4) is 17.5 Å². The number of hydrogen-bond donors (Lipinski definition) is 0. The molecule has 4 rings (SSSR count). The van der Waals surface area contributed by atoms with Crippen molar-refractivity contribution in [1.82, 2.24) is 14.7 Å². The van der Waals surface area contributed by atoms with Crippen LogP contribution in [0.25, 0.3) is 5.69 Å². The molecule has 3 aromatic rings. The van der Waals surface area contributed by atoms with Crippen molar-refractivity contribution in [3.05, 3.63) is 77.6 Å². The van der Waals surface area contributed by atoms with Crippen LogP contribution in [-0.4, -0.2) is 27.2 Å². The van der Waals surface area contributed by atoms with Crippen LogP contribution < -0.4 is 4.74 Å². The quantitative estimate of drug-likeness (QED) is 0.713. The van der Waals surface area contributed by atoms with E-state index >= 15 is 0 Å². The first-order chi connectivity index (χ1) is 12.8. The number of amides is 1. The Balaban J connectivity index is 1.51. The zero-order valence-electron chi connectivity index (χ0n) is 14.0. The molecule has 1 amide bonds. The number of aromatic nitrogens is 2. The molecule has 0 saturated carbocycles. The Morgan fingerprint density at radius 2 is 2.00 bits per heavy atom. The van der Waals surface area contributed by atoms with E-state index < -0.39 is 0 Å². The van der Waals surface area contributed by atoms with Gasteiger partial charge in [-0.25, -0.2) is 4.68 Å². The molecule has 0 N–H and O–H groups in total. The largest absolute Gasteiger partial charge is 0.478 e. The molecule has 1 aliphatic heterocycles. The van der Waals surface area contributed by atoms with Gasteiger partial charge in [-0.2, -0.15) is 10.4 Å².